The molecule has 182 valence electrons. The van der Waals surface area contributed by atoms with Crippen molar-refractivity contribution in [1.82, 2.24) is 4.90 Å². The van der Waals surface area contributed by atoms with Crippen LogP contribution in [0, 0.1) is 5.92 Å². The van der Waals surface area contributed by atoms with Crippen molar-refractivity contribution in [2.75, 3.05) is 13.7 Å². The summed E-state index contributed by atoms with van der Waals surface area (Å²) in [6.07, 6.45) is 0.703. The van der Waals surface area contributed by atoms with Gasteiger partial charge in [0.1, 0.15) is 12.4 Å². The highest BCUT2D eigenvalue weighted by Crippen LogP contribution is 2.32. The highest BCUT2D eigenvalue weighted by Gasteiger charge is 2.42. The number of aryl methyl sites for hydroxylation is 1. The van der Waals surface area contributed by atoms with Gasteiger partial charge in [-0.2, -0.15) is 0 Å². The monoisotopic (exact) mass is 473 g/mol. The molecule has 1 saturated heterocycles. The van der Waals surface area contributed by atoms with Gasteiger partial charge in [-0.05, 0) is 54.5 Å². The van der Waals surface area contributed by atoms with Crippen LogP contribution in [0.1, 0.15) is 35.6 Å². The lowest BCUT2D eigenvalue weighted by molar-refractivity contribution is -0.137. The van der Waals surface area contributed by atoms with Gasteiger partial charge in [0, 0.05) is 0 Å². The van der Waals surface area contributed by atoms with Gasteiger partial charge in [-0.25, -0.2) is 9.69 Å². The predicted molar refractivity (Wildman–Crippen MR) is 133 cm³/mol. The van der Waals surface area contributed by atoms with Crippen LogP contribution in [0.3, 0.4) is 0 Å². The van der Waals surface area contributed by atoms with Gasteiger partial charge in [0.2, 0.25) is 5.91 Å². The molecule has 1 fully saturated rings. The van der Waals surface area contributed by atoms with E-state index in [-0.39, 0.29) is 6.61 Å². The van der Waals surface area contributed by atoms with Gasteiger partial charge in [0.05, 0.1) is 25.2 Å². The van der Waals surface area contributed by atoms with Gasteiger partial charge in [-0.3, -0.25) is 4.79 Å². The number of carbonyl (C=O) groups excluding carboxylic acids is 2. The largest absolute Gasteiger partial charge is 0.497 e. The second kappa shape index (κ2) is 11.7. The minimum absolute atomic E-state index is 0.148. The van der Waals surface area contributed by atoms with E-state index in [9.17, 15) is 14.7 Å². The van der Waals surface area contributed by atoms with E-state index < -0.39 is 30.1 Å². The van der Waals surface area contributed by atoms with E-state index in [1.807, 2.05) is 60.7 Å². The molecule has 0 bridgehead atoms. The average molecular weight is 474 g/mol. The fraction of sp³-hybridized carbons (Fsp3) is 0.310. The van der Waals surface area contributed by atoms with E-state index in [4.69, 9.17) is 9.47 Å². The first-order valence-corrected chi connectivity index (χ1v) is 12.0. The van der Waals surface area contributed by atoms with Gasteiger partial charge >= 0.3 is 6.09 Å². The van der Waals surface area contributed by atoms with Crippen LogP contribution in [-0.4, -0.2) is 41.8 Å². The Morgan fingerprint density at radius 1 is 1.00 bits per heavy atom. The molecule has 3 aromatic carbocycles. The maximum atomic E-state index is 13.8. The third kappa shape index (κ3) is 6.08. The first kappa shape index (κ1) is 24.5. The number of cyclic esters (lactones) is 1. The Morgan fingerprint density at radius 2 is 1.63 bits per heavy atom. The summed E-state index contributed by atoms with van der Waals surface area (Å²) >= 11 is 0. The second-order valence-electron chi connectivity index (χ2n) is 8.83. The van der Waals surface area contributed by atoms with Crippen molar-refractivity contribution in [3.8, 4) is 5.75 Å². The number of ether oxygens (including phenoxy) is 2. The van der Waals surface area contributed by atoms with E-state index in [0.717, 1.165) is 12.0 Å². The molecule has 35 heavy (non-hydrogen) atoms. The Kier molecular flexibility index (Phi) is 8.16. The lowest BCUT2D eigenvalue weighted by Gasteiger charge is -2.28. The summed E-state index contributed by atoms with van der Waals surface area (Å²) in [5, 5.41) is 11.3. The standard InChI is InChI=1S/C29H31NO5/c1-34-25-17-15-23(16-18-25)27(31)26(14-8-13-21-9-4-2-5-10-21)28(32)30-24(20-35-29(30)33)19-22-11-6-3-7-12-22/h2-7,9-12,15-18,24,26-27,31H,8,13-14,19-20H2,1H3/t24-,26-,27+/m1/s1. The Hall–Kier alpha value is -3.64. The summed E-state index contributed by atoms with van der Waals surface area (Å²) in [4.78, 5) is 27.6. The van der Waals surface area contributed by atoms with Gasteiger partial charge in [0.25, 0.3) is 0 Å². The Bertz CT molecular complexity index is 1100. The zero-order chi connectivity index (χ0) is 24.6. The molecule has 4 rings (SSSR count). The van der Waals surface area contributed by atoms with Crippen LogP contribution in [0.5, 0.6) is 5.75 Å². The van der Waals surface area contributed by atoms with E-state index in [0.29, 0.717) is 30.6 Å². The van der Waals surface area contributed by atoms with Crippen molar-refractivity contribution < 1.29 is 24.2 Å². The molecule has 1 aliphatic heterocycles. The molecule has 6 nitrogen and oxygen atoms in total. The number of imide groups is 1. The van der Waals surface area contributed by atoms with Crippen LogP contribution in [0.2, 0.25) is 0 Å². The maximum Gasteiger partial charge on any atom is 0.416 e. The lowest BCUT2D eigenvalue weighted by atomic mass is 9.88. The molecule has 0 radical (unpaired) electrons. The SMILES string of the molecule is COc1ccc([C@H](O)[C@@H](CCCc2ccccc2)C(=O)N2C(=O)OC[C@H]2Cc2ccccc2)cc1. The molecule has 3 aromatic rings. The van der Waals surface area contributed by atoms with Crippen LogP contribution in [0.25, 0.3) is 0 Å². The molecule has 2 amide bonds. The number of methoxy groups -OCH3 is 1. The first-order valence-electron chi connectivity index (χ1n) is 12.0. The normalized spacial score (nSPS) is 17.0. The van der Waals surface area contributed by atoms with E-state index in [2.05, 4.69) is 0 Å². The molecule has 0 aromatic heterocycles. The maximum absolute atomic E-state index is 13.8. The smallest absolute Gasteiger partial charge is 0.416 e. The third-order valence-electron chi connectivity index (χ3n) is 6.49. The summed E-state index contributed by atoms with van der Waals surface area (Å²) in [6.45, 7) is 0.148. The molecule has 1 N–H and O–H groups in total. The quantitative estimate of drug-likeness (QED) is 0.451. The molecule has 3 atom stereocenters. The highest BCUT2D eigenvalue weighted by molar-refractivity contribution is 5.95. The number of aliphatic hydroxyl groups excluding tert-OH is 1. The number of nitrogens with zero attached hydrogens (tertiary/aromatic N) is 1. The van der Waals surface area contributed by atoms with E-state index in [1.54, 1.807) is 31.4 Å². The summed E-state index contributed by atoms with van der Waals surface area (Å²) in [7, 11) is 1.58. The minimum atomic E-state index is -1.06. The molecule has 0 unspecified atom stereocenters. The minimum Gasteiger partial charge on any atom is -0.497 e. The number of hydrogen-bond donors (Lipinski definition) is 1. The van der Waals surface area contributed by atoms with Crippen LogP contribution in [-0.2, 0) is 22.4 Å². The predicted octanol–water partition coefficient (Wildman–Crippen LogP) is 4.96. The lowest BCUT2D eigenvalue weighted by Crippen LogP contribution is -2.45. The number of hydrogen-bond acceptors (Lipinski definition) is 5. The van der Waals surface area contributed by atoms with Gasteiger partial charge in [-0.15, -0.1) is 0 Å². The van der Waals surface area contributed by atoms with Gasteiger partial charge in [-0.1, -0.05) is 72.8 Å². The Balaban J connectivity index is 1.55. The van der Waals surface area contributed by atoms with E-state index >= 15 is 0 Å². The molecule has 0 aliphatic carbocycles. The number of carbonyl (C=O) groups is 2. The fourth-order valence-electron chi connectivity index (χ4n) is 4.57. The van der Waals surface area contributed by atoms with Crippen LogP contribution in [0.15, 0.2) is 84.9 Å². The van der Waals surface area contributed by atoms with Crippen LogP contribution in [0.4, 0.5) is 4.79 Å². The number of amides is 2. The molecule has 1 heterocycles. The summed E-state index contributed by atoms with van der Waals surface area (Å²) < 4.78 is 10.5. The van der Waals surface area contributed by atoms with Crippen molar-refractivity contribution in [2.24, 2.45) is 5.92 Å². The zero-order valence-corrected chi connectivity index (χ0v) is 19.9. The van der Waals surface area contributed by atoms with Crippen molar-refractivity contribution in [2.45, 2.75) is 37.8 Å². The second-order valence-corrected chi connectivity index (χ2v) is 8.83. The number of benzene rings is 3. The van der Waals surface area contributed by atoms with Crippen molar-refractivity contribution in [1.29, 1.82) is 0 Å². The molecule has 1 aliphatic rings. The topological polar surface area (TPSA) is 76.1 Å². The molecule has 0 saturated carbocycles. The summed E-state index contributed by atoms with van der Waals surface area (Å²) in [6, 6.07) is 26.4. The number of rotatable bonds is 10. The molecule has 0 spiro atoms. The summed E-state index contributed by atoms with van der Waals surface area (Å²) in [5.74, 6) is -0.514. The van der Waals surface area contributed by atoms with Crippen molar-refractivity contribution in [3.05, 3.63) is 102 Å². The number of aliphatic hydroxyl groups is 1. The van der Waals surface area contributed by atoms with Crippen molar-refractivity contribution in [3.63, 3.8) is 0 Å². The fourth-order valence-corrected chi connectivity index (χ4v) is 4.57. The van der Waals surface area contributed by atoms with Crippen LogP contribution >= 0.6 is 0 Å². The Labute approximate surface area is 206 Å². The van der Waals surface area contributed by atoms with Crippen LogP contribution < -0.4 is 4.74 Å². The van der Waals surface area contributed by atoms with Gasteiger partial charge in [0.15, 0.2) is 0 Å². The zero-order valence-electron chi connectivity index (χ0n) is 19.9. The first-order chi connectivity index (χ1) is 17.1. The Morgan fingerprint density at radius 3 is 2.26 bits per heavy atom. The molecular formula is C29H31NO5. The molecule has 6 heteroatoms. The van der Waals surface area contributed by atoms with Gasteiger partial charge < -0.3 is 14.6 Å². The summed E-state index contributed by atoms with van der Waals surface area (Å²) in [5.41, 5.74) is 2.79. The van der Waals surface area contributed by atoms with Crippen molar-refractivity contribution >= 4 is 12.0 Å². The highest BCUT2D eigenvalue weighted by atomic mass is 16.6. The average Bonchev–Trinajstić information content (AvgIpc) is 3.26. The third-order valence-corrected chi connectivity index (χ3v) is 6.49. The van der Waals surface area contributed by atoms with E-state index in [1.165, 1.54) is 10.5 Å². The molecular weight excluding hydrogens is 442 g/mol.